The minimum Gasteiger partial charge on any atom is -0.481 e. The summed E-state index contributed by atoms with van der Waals surface area (Å²) in [6, 6.07) is -3.97. The first-order chi connectivity index (χ1) is 14.8. The van der Waals surface area contributed by atoms with Crippen molar-refractivity contribution in [2.45, 2.75) is 56.7 Å². The number of nitrogens with one attached hydrogen (secondary N) is 3. The molecule has 15 nitrogen and oxygen atoms in total. The SMILES string of the molecule is NC(=O)CCC(N)C(=O)NC(CCC(=O)O)C(=O)NCC(=O)NC(CCC(N)=O)C(=O)O. The first kappa shape index (κ1) is 28.2. The van der Waals surface area contributed by atoms with Crippen molar-refractivity contribution in [3.8, 4) is 0 Å². The number of rotatable bonds is 16. The lowest BCUT2D eigenvalue weighted by atomic mass is 10.1. The average molecular weight is 460 g/mol. The summed E-state index contributed by atoms with van der Waals surface area (Å²) in [5.41, 5.74) is 15.5. The molecular weight excluding hydrogens is 432 g/mol. The van der Waals surface area contributed by atoms with E-state index in [9.17, 15) is 33.6 Å². The number of carboxylic acids is 2. The maximum Gasteiger partial charge on any atom is 0.326 e. The van der Waals surface area contributed by atoms with Gasteiger partial charge in [-0.25, -0.2) is 4.79 Å². The van der Waals surface area contributed by atoms with Crippen LogP contribution >= 0.6 is 0 Å². The molecule has 32 heavy (non-hydrogen) atoms. The molecule has 0 spiro atoms. The molecule has 11 N–H and O–H groups in total. The summed E-state index contributed by atoms with van der Waals surface area (Å²) < 4.78 is 0. The van der Waals surface area contributed by atoms with Gasteiger partial charge < -0.3 is 43.4 Å². The Kier molecular flexibility index (Phi) is 12.6. The van der Waals surface area contributed by atoms with E-state index in [4.69, 9.17) is 27.4 Å². The van der Waals surface area contributed by atoms with Gasteiger partial charge in [-0.05, 0) is 19.3 Å². The predicted octanol–water partition coefficient (Wildman–Crippen LogP) is -4.12. The monoisotopic (exact) mass is 460 g/mol. The number of hydrogen-bond acceptors (Lipinski definition) is 8. The van der Waals surface area contributed by atoms with Crippen molar-refractivity contribution < 1.29 is 43.8 Å². The molecule has 0 aromatic carbocycles. The number of carboxylic acid groups (broad SMARTS) is 2. The van der Waals surface area contributed by atoms with Crippen LogP contribution in [0, 0.1) is 0 Å². The van der Waals surface area contributed by atoms with Crippen molar-refractivity contribution in [3.63, 3.8) is 0 Å². The van der Waals surface area contributed by atoms with Gasteiger partial charge in [-0.15, -0.1) is 0 Å². The number of hydrogen-bond donors (Lipinski definition) is 8. The van der Waals surface area contributed by atoms with E-state index in [1.165, 1.54) is 0 Å². The number of aliphatic carboxylic acids is 2. The quantitative estimate of drug-likeness (QED) is 0.110. The molecule has 3 atom stereocenters. The van der Waals surface area contributed by atoms with Crippen molar-refractivity contribution in [2.75, 3.05) is 6.54 Å². The molecule has 3 unspecified atom stereocenters. The van der Waals surface area contributed by atoms with Gasteiger partial charge in [-0.1, -0.05) is 0 Å². The highest BCUT2D eigenvalue weighted by Gasteiger charge is 2.26. The zero-order valence-electron chi connectivity index (χ0n) is 17.2. The predicted molar refractivity (Wildman–Crippen MR) is 106 cm³/mol. The topological polar surface area (TPSA) is 274 Å². The van der Waals surface area contributed by atoms with Crippen LogP contribution in [-0.2, 0) is 33.6 Å². The van der Waals surface area contributed by atoms with E-state index >= 15 is 0 Å². The number of primary amides is 2. The molecule has 180 valence electrons. The summed E-state index contributed by atoms with van der Waals surface area (Å²) in [5, 5.41) is 24.4. The molecule has 0 saturated carbocycles. The Morgan fingerprint density at radius 3 is 1.75 bits per heavy atom. The lowest BCUT2D eigenvalue weighted by molar-refractivity contribution is -0.142. The van der Waals surface area contributed by atoms with Crippen LogP contribution in [0.5, 0.6) is 0 Å². The number of carbonyl (C=O) groups is 7. The highest BCUT2D eigenvalue weighted by atomic mass is 16.4. The second kappa shape index (κ2) is 14.3. The van der Waals surface area contributed by atoms with Crippen molar-refractivity contribution in [1.82, 2.24) is 16.0 Å². The second-order valence-corrected chi connectivity index (χ2v) is 6.79. The van der Waals surface area contributed by atoms with E-state index in [0.29, 0.717) is 0 Å². The lowest BCUT2D eigenvalue weighted by Crippen LogP contribution is -2.53. The molecule has 0 bridgehead atoms. The molecule has 0 aliphatic carbocycles. The van der Waals surface area contributed by atoms with Crippen molar-refractivity contribution in [1.29, 1.82) is 0 Å². The van der Waals surface area contributed by atoms with Gasteiger partial charge in [0.15, 0.2) is 0 Å². The smallest absolute Gasteiger partial charge is 0.326 e. The third-order valence-electron chi connectivity index (χ3n) is 4.05. The summed E-state index contributed by atoms with van der Waals surface area (Å²) >= 11 is 0. The van der Waals surface area contributed by atoms with E-state index in [2.05, 4.69) is 16.0 Å². The van der Waals surface area contributed by atoms with E-state index < -0.39 is 72.6 Å². The third-order valence-corrected chi connectivity index (χ3v) is 4.05. The molecule has 0 radical (unpaired) electrons. The maximum atomic E-state index is 12.3. The number of amides is 5. The highest BCUT2D eigenvalue weighted by molar-refractivity contribution is 5.93. The van der Waals surface area contributed by atoms with Gasteiger partial charge in [-0.2, -0.15) is 0 Å². The van der Waals surface area contributed by atoms with Crippen LogP contribution in [0.3, 0.4) is 0 Å². The summed E-state index contributed by atoms with van der Waals surface area (Å²) in [5.74, 6) is -6.76. The molecule has 0 aromatic rings. The van der Waals surface area contributed by atoms with Crippen LogP contribution < -0.4 is 33.2 Å². The lowest BCUT2D eigenvalue weighted by Gasteiger charge is -2.20. The second-order valence-electron chi connectivity index (χ2n) is 6.79. The summed E-state index contributed by atoms with van der Waals surface area (Å²) in [6.07, 6.45) is -1.64. The Bertz CT molecular complexity index is 742. The van der Waals surface area contributed by atoms with Gasteiger partial charge >= 0.3 is 11.9 Å². The van der Waals surface area contributed by atoms with E-state index in [1.807, 2.05) is 0 Å². The molecule has 0 heterocycles. The molecule has 0 fully saturated rings. The molecule has 0 rings (SSSR count). The fraction of sp³-hybridized carbons (Fsp3) is 0.588. The minimum atomic E-state index is -1.42. The Morgan fingerprint density at radius 1 is 0.719 bits per heavy atom. The van der Waals surface area contributed by atoms with E-state index in [1.54, 1.807) is 0 Å². The molecular formula is C17H28N6O9. The summed E-state index contributed by atoms with van der Waals surface area (Å²) in [4.78, 5) is 79.8. The van der Waals surface area contributed by atoms with Crippen LogP contribution in [0.4, 0.5) is 0 Å². The number of nitrogens with two attached hydrogens (primary N) is 3. The molecule has 0 aliphatic rings. The van der Waals surface area contributed by atoms with Crippen LogP contribution in [0.1, 0.15) is 38.5 Å². The van der Waals surface area contributed by atoms with E-state index in [-0.39, 0.29) is 32.1 Å². The Hall–Kier alpha value is -3.75. The average Bonchev–Trinajstić information content (AvgIpc) is 2.69. The van der Waals surface area contributed by atoms with E-state index in [0.717, 1.165) is 0 Å². The van der Waals surface area contributed by atoms with Gasteiger partial charge in [0.1, 0.15) is 12.1 Å². The van der Waals surface area contributed by atoms with Crippen LogP contribution in [0.15, 0.2) is 0 Å². The van der Waals surface area contributed by atoms with Crippen LogP contribution in [0.2, 0.25) is 0 Å². The standard InChI is InChI=1S/C17H28N6O9/c18-8(1-4-11(19)24)15(29)23-9(3-6-14(27)28)16(30)21-7-13(26)22-10(17(31)32)2-5-12(20)25/h8-10H,1-7,18H2,(H2,19,24)(H2,20,25)(H,21,30)(H,22,26)(H,23,29)(H,27,28)(H,31,32). The fourth-order valence-corrected chi connectivity index (χ4v) is 2.32. The summed E-state index contributed by atoms with van der Waals surface area (Å²) in [7, 11) is 0. The normalized spacial score (nSPS) is 13.2. The summed E-state index contributed by atoms with van der Waals surface area (Å²) in [6.45, 7) is -0.688. The highest BCUT2D eigenvalue weighted by Crippen LogP contribution is 2.02. The van der Waals surface area contributed by atoms with Crippen LogP contribution in [0.25, 0.3) is 0 Å². The Balaban J connectivity index is 4.91. The minimum absolute atomic E-state index is 0.0985. The zero-order chi connectivity index (χ0) is 24.8. The van der Waals surface area contributed by atoms with Crippen molar-refractivity contribution in [2.24, 2.45) is 17.2 Å². The fourth-order valence-electron chi connectivity index (χ4n) is 2.32. The molecule has 15 heteroatoms. The maximum absolute atomic E-state index is 12.3. The van der Waals surface area contributed by atoms with Gasteiger partial charge in [-0.3, -0.25) is 28.8 Å². The van der Waals surface area contributed by atoms with Gasteiger partial charge in [0, 0.05) is 19.3 Å². The third kappa shape index (κ3) is 12.7. The van der Waals surface area contributed by atoms with Crippen molar-refractivity contribution in [3.05, 3.63) is 0 Å². The first-order valence-electron chi connectivity index (χ1n) is 9.47. The Labute approximate surface area is 182 Å². The molecule has 0 aromatic heterocycles. The van der Waals surface area contributed by atoms with Gasteiger partial charge in [0.2, 0.25) is 29.5 Å². The first-order valence-corrected chi connectivity index (χ1v) is 9.47. The largest absolute Gasteiger partial charge is 0.481 e. The van der Waals surface area contributed by atoms with Gasteiger partial charge in [0.05, 0.1) is 12.6 Å². The molecule has 0 aliphatic heterocycles. The number of carbonyl (C=O) groups excluding carboxylic acids is 5. The molecule has 0 saturated heterocycles. The van der Waals surface area contributed by atoms with Crippen molar-refractivity contribution >= 4 is 41.5 Å². The Morgan fingerprint density at radius 2 is 1.25 bits per heavy atom. The van der Waals surface area contributed by atoms with Crippen LogP contribution in [-0.4, -0.2) is 76.4 Å². The van der Waals surface area contributed by atoms with Gasteiger partial charge in [0.25, 0.3) is 0 Å². The molecule has 5 amide bonds. The zero-order valence-corrected chi connectivity index (χ0v) is 17.2.